The van der Waals surface area contributed by atoms with E-state index in [9.17, 15) is 0 Å². The fraction of sp³-hybridized carbons (Fsp3) is 0.667. The van der Waals surface area contributed by atoms with Crippen molar-refractivity contribution in [2.45, 2.75) is 19.8 Å². The van der Waals surface area contributed by atoms with Gasteiger partial charge < -0.3 is 15.3 Å². The molecular formula is C6H12O3. The third-order valence-electron chi connectivity index (χ3n) is 1.06. The van der Waals surface area contributed by atoms with E-state index in [4.69, 9.17) is 15.3 Å². The highest BCUT2D eigenvalue weighted by molar-refractivity contribution is 5.00. The number of aliphatic hydroxyl groups is 3. The average molecular weight is 132 g/mol. The molecule has 0 rings (SSSR count). The Balaban J connectivity index is 3.83. The molecule has 0 aliphatic carbocycles. The fourth-order valence-electron chi connectivity index (χ4n) is 0.563. The molecule has 0 saturated carbocycles. The van der Waals surface area contributed by atoms with Crippen molar-refractivity contribution in [1.82, 2.24) is 0 Å². The third-order valence-corrected chi connectivity index (χ3v) is 1.06. The van der Waals surface area contributed by atoms with E-state index in [1.54, 1.807) is 0 Å². The van der Waals surface area contributed by atoms with Gasteiger partial charge in [0.2, 0.25) is 0 Å². The van der Waals surface area contributed by atoms with Crippen LogP contribution in [0.1, 0.15) is 19.8 Å². The Morgan fingerprint density at radius 2 is 1.89 bits per heavy atom. The minimum atomic E-state index is -0.737. The van der Waals surface area contributed by atoms with Crippen molar-refractivity contribution in [3.63, 3.8) is 0 Å². The lowest BCUT2D eigenvalue weighted by Crippen LogP contribution is -1.95. The van der Waals surface area contributed by atoms with Gasteiger partial charge in [-0.05, 0) is 6.42 Å². The zero-order valence-corrected chi connectivity index (χ0v) is 5.46. The van der Waals surface area contributed by atoms with Crippen LogP contribution < -0.4 is 0 Å². The topological polar surface area (TPSA) is 60.7 Å². The summed E-state index contributed by atoms with van der Waals surface area (Å²) in [5.74, 6) is -0.737. The molecule has 0 radical (unpaired) electrons. The van der Waals surface area contributed by atoms with Gasteiger partial charge in [0.05, 0.1) is 6.61 Å². The summed E-state index contributed by atoms with van der Waals surface area (Å²) in [5, 5.41) is 25.3. The second-order valence-corrected chi connectivity index (χ2v) is 1.84. The van der Waals surface area contributed by atoms with Crippen molar-refractivity contribution in [3.8, 4) is 0 Å². The van der Waals surface area contributed by atoms with Gasteiger partial charge in [-0.25, -0.2) is 0 Å². The molecule has 0 aromatic carbocycles. The van der Waals surface area contributed by atoms with E-state index in [1.807, 2.05) is 6.92 Å². The van der Waals surface area contributed by atoms with Crippen LogP contribution in [-0.4, -0.2) is 21.9 Å². The van der Waals surface area contributed by atoms with E-state index >= 15 is 0 Å². The molecule has 3 heteroatoms. The summed E-state index contributed by atoms with van der Waals surface area (Å²) in [7, 11) is 0. The molecule has 0 unspecified atom stereocenters. The van der Waals surface area contributed by atoms with Crippen LogP contribution in [0.2, 0.25) is 0 Å². The molecule has 3 nitrogen and oxygen atoms in total. The predicted octanol–water partition coefficient (Wildman–Crippen LogP) is 1.11. The Hall–Kier alpha value is -0.700. The lowest BCUT2D eigenvalue weighted by atomic mass is 10.2. The van der Waals surface area contributed by atoms with E-state index in [0.29, 0.717) is 12.0 Å². The van der Waals surface area contributed by atoms with Gasteiger partial charge in [-0.15, -0.1) is 0 Å². The van der Waals surface area contributed by atoms with Crippen molar-refractivity contribution < 1.29 is 15.3 Å². The highest BCUT2D eigenvalue weighted by atomic mass is 16.5. The van der Waals surface area contributed by atoms with Crippen molar-refractivity contribution >= 4 is 0 Å². The summed E-state index contributed by atoms with van der Waals surface area (Å²) in [4.78, 5) is 0. The van der Waals surface area contributed by atoms with E-state index < -0.39 is 5.95 Å². The third kappa shape index (κ3) is 2.98. The Kier molecular flexibility index (Phi) is 3.88. The minimum absolute atomic E-state index is 0.268. The van der Waals surface area contributed by atoms with Crippen LogP contribution >= 0.6 is 0 Å². The van der Waals surface area contributed by atoms with Crippen LogP contribution in [0.3, 0.4) is 0 Å². The number of hydrogen-bond acceptors (Lipinski definition) is 3. The molecule has 0 heterocycles. The quantitative estimate of drug-likeness (QED) is 0.504. The lowest BCUT2D eigenvalue weighted by molar-refractivity contribution is 0.173. The predicted molar refractivity (Wildman–Crippen MR) is 34.3 cm³/mol. The van der Waals surface area contributed by atoms with Gasteiger partial charge in [-0.1, -0.05) is 13.3 Å². The van der Waals surface area contributed by atoms with Crippen LogP contribution in [0.15, 0.2) is 11.5 Å². The summed E-state index contributed by atoms with van der Waals surface area (Å²) in [6.45, 7) is 1.63. The molecule has 0 aromatic rings. The highest BCUT2D eigenvalue weighted by Crippen LogP contribution is 2.05. The van der Waals surface area contributed by atoms with E-state index in [1.165, 1.54) is 0 Å². The summed E-state index contributed by atoms with van der Waals surface area (Å²) >= 11 is 0. The van der Waals surface area contributed by atoms with Crippen LogP contribution in [0.25, 0.3) is 0 Å². The SMILES string of the molecule is CCCC(CO)=C(O)O. The number of hydrogen-bond donors (Lipinski definition) is 3. The van der Waals surface area contributed by atoms with Crippen LogP contribution in [0.4, 0.5) is 0 Å². The zero-order valence-electron chi connectivity index (χ0n) is 5.46. The van der Waals surface area contributed by atoms with Crippen molar-refractivity contribution in [2.75, 3.05) is 6.61 Å². The van der Waals surface area contributed by atoms with E-state index in [-0.39, 0.29) is 6.61 Å². The average Bonchev–Trinajstić information content (AvgIpc) is 1.82. The molecule has 0 atom stereocenters. The normalized spacial score (nSPS) is 9.11. The molecule has 0 saturated heterocycles. The molecule has 0 spiro atoms. The van der Waals surface area contributed by atoms with Gasteiger partial charge in [0, 0.05) is 5.57 Å². The molecule has 0 amide bonds. The first kappa shape index (κ1) is 8.30. The summed E-state index contributed by atoms with van der Waals surface area (Å²) in [5.41, 5.74) is 0.303. The largest absolute Gasteiger partial charge is 0.481 e. The Labute approximate surface area is 54.3 Å². The van der Waals surface area contributed by atoms with Crippen LogP contribution in [0, 0.1) is 0 Å². The standard InChI is InChI=1S/C6H12O3/c1-2-3-5(4-7)6(8)9/h7-9H,2-4H2,1H3. The van der Waals surface area contributed by atoms with Crippen LogP contribution in [0.5, 0.6) is 0 Å². The van der Waals surface area contributed by atoms with Crippen LogP contribution in [-0.2, 0) is 0 Å². The zero-order chi connectivity index (χ0) is 7.28. The van der Waals surface area contributed by atoms with Crippen molar-refractivity contribution in [1.29, 1.82) is 0 Å². The lowest BCUT2D eigenvalue weighted by Gasteiger charge is -1.99. The number of aliphatic hydroxyl groups excluding tert-OH is 2. The van der Waals surface area contributed by atoms with E-state index in [0.717, 1.165) is 6.42 Å². The van der Waals surface area contributed by atoms with Gasteiger partial charge in [0.25, 0.3) is 5.95 Å². The van der Waals surface area contributed by atoms with Gasteiger partial charge >= 0.3 is 0 Å². The molecular weight excluding hydrogens is 120 g/mol. The van der Waals surface area contributed by atoms with Gasteiger partial charge in [0.15, 0.2) is 0 Å². The molecule has 3 N–H and O–H groups in total. The number of rotatable bonds is 3. The smallest absolute Gasteiger partial charge is 0.275 e. The maximum atomic E-state index is 8.45. The van der Waals surface area contributed by atoms with Gasteiger partial charge in [0.1, 0.15) is 0 Å². The maximum Gasteiger partial charge on any atom is 0.275 e. The van der Waals surface area contributed by atoms with E-state index in [2.05, 4.69) is 0 Å². The fourth-order valence-corrected chi connectivity index (χ4v) is 0.563. The molecule has 0 aromatic heterocycles. The molecule has 9 heavy (non-hydrogen) atoms. The first-order chi connectivity index (χ1) is 4.22. The Bertz CT molecular complexity index is 103. The molecule has 0 aliphatic rings. The minimum Gasteiger partial charge on any atom is -0.481 e. The molecule has 0 fully saturated rings. The second-order valence-electron chi connectivity index (χ2n) is 1.84. The van der Waals surface area contributed by atoms with Gasteiger partial charge in [-0.2, -0.15) is 0 Å². The van der Waals surface area contributed by atoms with Crippen molar-refractivity contribution in [3.05, 3.63) is 11.5 Å². The van der Waals surface area contributed by atoms with Crippen molar-refractivity contribution in [2.24, 2.45) is 0 Å². The first-order valence-corrected chi connectivity index (χ1v) is 2.93. The maximum absolute atomic E-state index is 8.45. The summed E-state index contributed by atoms with van der Waals surface area (Å²) < 4.78 is 0. The first-order valence-electron chi connectivity index (χ1n) is 2.93. The summed E-state index contributed by atoms with van der Waals surface area (Å²) in [6, 6.07) is 0. The second kappa shape index (κ2) is 4.21. The Morgan fingerprint density at radius 3 is 2.00 bits per heavy atom. The molecule has 0 bridgehead atoms. The molecule has 0 aliphatic heterocycles. The Morgan fingerprint density at radius 1 is 1.33 bits per heavy atom. The summed E-state index contributed by atoms with van der Waals surface area (Å²) in [6.07, 6.45) is 1.35. The monoisotopic (exact) mass is 132 g/mol. The van der Waals surface area contributed by atoms with Gasteiger partial charge in [-0.3, -0.25) is 0 Å². The molecule has 54 valence electrons. The highest BCUT2D eigenvalue weighted by Gasteiger charge is 1.99.